The van der Waals surface area contributed by atoms with Crippen LogP contribution in [0.25, 0.3) is 168 Å². The summed E-state index contributed by atoms with van der Waals surface area (Å²) in [5, 5.41) is 41.9. The first-order chi connectivity index (χ1) is 72.7. The molecule has 24 rings (SSSR count). The third kappa shape index (κ3) is 17.2. The van der Waals surface area contributed by atoms with Gasteiger partial charge in [0, 0.05) is 55.7 Å². The molecule has 24 aromatic carbocycles. The summed E-state index contributed by atoms with van der Waals surface area (Å²) in [5.41, 5.74) is 29.9. The normalized spacial score (nSPS) is 11.1. The van der Waals surface area contributed by atoms with Gasteiger partial charge < -0.3 is 19.6 Å². The average Bonchev–Trinajstić information content (AvgIpc) is 0.717. The number of anilines is 12. The van der Waals surface area contributed by atoms with E-state index < -0.39 is 0 Å². The quantitative estimate of drug-likeness (QED) is 0.0554. The van der Waals surface area contributed by atoms with Crippen LogP contribution in [0.3, 0.4) is 0 Å². The summed E-state index contributed by atoms with van der Waals surface area (Å²) in [5.74, 6) is -0.724. The molecule has 0 radical (unpaired) electrons. The second-order valence-corrected chi connectivity index (χ2v) is 36.9. The van der Waals surface area contributed by atoms with Gasteiger partial charge in [-0.25, -0.2) is 23.3 Å². The number of rotatable bonds is 20. The highest BCUT2D eigenvalue weighted by Gasteiger charge is 2.31. The van der Waals surface area contributed by atoms with E-state index in [4.69, 9.17) is 19.7 Å². The van der Waals surface area contributed by atoms with Gasteiger partial charge in [0.1, 0.15) is 11.6 Å². The largest absolute Gasteiger partial charge is 0.311 e. The van der Waals surface area contributed by atoms with Gasteiger partial charge in [0.05, 0.1) is 88.7 Å². The van der Waals surface area contributed by atoms with Crippen molar-refractivity contribution < 1.29 is 8.78 Å². The molecule has 0 N–H and O–H groups in total. The number of halogens is 2. The van der Waals surface area contributed by atoms with E-state index in [1.807, 2.05) is 237 Å². The fraction of sp³-hybridized carbons (Fsp3) is 0.0147. The van der Waals surface area contributed by atoms with Gasteiger partial charge in [-0.3, -0.25) is 0 Å². The molecule has 0 aromatic heterocycles. The molecule has 12 heteroatoms. The minimum atomic E-state index is -0.363. The molecular weight excluding hydrogens is 1810 g/mol. The molecule has 0 unspecified atom stereocenters. The molecular formula is C136H84F2N10. The number of aryl methyl sites for hydroxylation is 2. The van der Waals surface area contributed by atoms with Gasteiger partial charge in [-0.05, 0) is 321 Å². The van der Waals surface area contributed by atoms with E-state index >= 15 is 8.78 Å². The van der Waals surface area contributed by atoms with Crippen molar-refractivity contribution in [3.8, 4) is 107 Å². The summed E-state index contributed by atoms with van der Waals surface area (Å²) >= 11 is 0. The minimum absolute atomic E-state index is 0.361. The molecule has 10 nitrogen and oxygen atoms in total. The number of benzene rings is 24. The Kier molecular flexibility index (Phi) is 24.1. The van der Waals surface area contributed by atoms with Crippen molar-refractivity contribution in [1.29, 1.82) is 15.8 Å². The summed E-state index contributed by atoms with van der Waals surface area (Å²) in [4.78, 5) is 19.8. The van der Waals surface area contributed by atoms with E-state index in [1.54, 1.807) is 12.1 Å². The summed E-state index contributed by atoms with van der Waals surface area (Å²) in [6, 6.07) is 165. The number of hydrogen-bond acceptors (Lipinski definition) is 7. The highest BCUT2D eigenvalue weighted by molar-refractivity contribution is 6.30. The van der Waals surface area contributed by atoms with Crippen LogP contribution in [0.2, 0.25) is 0 Å². The maximum absolute atomic E-state index is 16.9. The molecule has 0 aliphatic rings. The summed E-state index contributed by atoms with van der Waals surface area (Å²) < 4.78 is 33.8. The van der Waals surface area contributed by atoms with Crippen LogP contribution in [-0.4, -0.2) is 0 Å². The molecule has 24 aromatic rings. The van der Waals surface area contributed by atoms with Crippen molar-refractivity contribution in [2.45, 2.75) is 13.8 Å². The Morgan fingerprint density at radius 1 is 0.203 bits per heavy atom. The molecule has 0 spiro atoms. The van der Waals surface area contributed by atoms with Gasteiger partial charge in [-0.15, -0.1) is 0 Å². The third-order valence-electron chi connectivity index (χ3n) is 28.0. The lowest BCUT2D eigenvalue weighted by Gasteiger charge is -2.31. The fourth-order valence-electron chi connectivity index (χ4n) is 20.9. The standard InChI is InChI=1S/C68H44F2N4.C68H40N6/c1-43-12-10-18-61(69)67(43)73(57-38-52(46-14-6-4-7-15-46)36-54(40-57)48-22-20-45(42-71)21-23-48)63-34-28-50-27-33-60-64(35-29-51-26-32-59(63)65(50)66(51)60)74(68-44(2)13-11-19-62(68)70)58-39-53(47-16-8-5-9-17-47)37-55(41-58)49-24-30-56(72-3)31-25-49;1-71-57-29-23-50(24-30-57)56-37-54(48-14-7-4-8-15-48)38-61(41-56)73(59-17-9-11-46(35-59)44-70)65-33-27-51-26-32-64-66(34-28-52-25-31-63(65)67(51)68(52)64)74(60-18-10-16-58(42-60)72-2)62-39-53(47-12-5-3-6-13-47)36-55(40-62)49-21-19-45(43-69)20-22-49/h4-41H,1-2H3;3-42H. The molecule has 0 saturated carbocycles. The predicted molar refractivity (Wildman–Crippen MR) is 605 cm³/mol. The van der Waals surface area contributed by atoms with Crippen LogP contribution in [0.4, 0.5) is 94.1 Å². The Bertz CT molecular complexity index is 9000. The number of nitriles is 3. The van der Waals surface area contributed by atoms with Crippen LogP contribution >= 0.6 is 0 Å². The van der Waals surface area contributed by atoms with E-state index in [2.05, 4.69) is 278 Å². The van der Waals surface area contributed by atoms with E-state index in [9.17, 15) is 15.8 Å². The Balaban J connectivity index is 0.000000163. The molecule has 0 aliphatic heterocycles. The predicted octanol–water partition coefficient (Wildman–Crippen LogP) is 38.5. The van der Waals surface area contributed by atoms with Gasteiger partial charge >= 0.3 is 0 Å². The van der Waals surface area contributed by atoms with Gasteiger partial charge in [0.25, 0.3) is 0 Å². The summed E-state index contributed by atoms with van der Waals surface area (Å²) in [6.45, 7) is 27.2. The van der Waals surface area contributed by atoms with Crippen molar-refractivity contribution in [3.63, 3.8) is 0 Å². The summed E-state index contributed by atoms with van der Waals surface area (Å²) in [7, 11) is 0. The van der Waals surface area contributed by atoms with Gasteiger partial charge in [0.15, 0.2) is 17.1 Å². The SMILES string of the molecule is [C-]#[N+]c1ccc(-c2cc(-c3ccccc3)cc(N(c3c(C)cccc3F)c3ccc4ccc5c(N(c6cc(-c7ccccc7)cc(-c7ccc(C#N)cc7)c6)c6c(C)cccc6F)ccc6ccc3c4c65)c2)cc1.[C-]#[N+]c1ccc(-c2cc(-c3ccccc3)cc(N(c3cccc(C#N)c3)c3ccc4ccc5c(N(c6cccc([N+]#[C-])c6)c6cc(-c7ccccc7)cc(-c7ccc(C#N)cc7)c6)ccc6ccc3c4c65)c2)cc1. The second kappa shape index (κ2) is 39.1. The zero-order chi connectivity index (χ0) is 101. The van der Waals surface area contributed by atoms with Crippen LogP contribution in [0, 0.1) is 79.2 Å². The zero-order valence-electron chi connectivity index (χ0n) is 80.3. The first-order valence-corrected chi connectivity index (χ1v) is 48.6. The van der Waals surface area contributed by atoms with Crippen molar-refractivity contribution in [2.24, 2.45) is 0 Å². The van der Waals surface area contributed by atoms with Crippen LogP contribution in [-0.2, 0) is 0 Å². The van der Waals surface area contributed by atoms with Crippen LogP contribution in [0.5, 0.6) is 0 Å². The Hall–Kier alpha value is -20.6. The Labute approximate surface area is 856 Å². The van der Waals surface area contributed by atoms with Gasteiger partial charge in [-0.1, -0.05) is 309 Å². The van der Waals surface area contributed by atoms with Crippen LogP contribution in [0.1, 0.15) is 27.8 Å². The lowest BCUT2D eigenvalue weighted by atomic mass is 9.91. The zero-order valence-corrected chi connectivity index (χ0v) is 80.3. The molecule has 0 bridgehead atoms. The molecule has 148 heavy (non-hydrogen) atoms. The Morgan fingerprint density at radius 3 is 0.750 bits per heavy atom. The topological polar surface area (TPSA) is 97.4 Å². The number of para-hydroxylation sites is 2. The van der Waals surface area contributed by atoms with Gasteiger partial charge in [0.2, 0.25) is 0 Å². The maximum Gasteiger partial charge on any atom is 0.189 e. The first-order valence-electron chi connectivity index (χ1n) is 48.6. The highest BCUT2D eigenvalue weighted by Crippen LogP contribution is 2.55. The molecule has 0 aliphatic carbocycles. The lowest BCUT2D eigenvalue weighted by molar-refractivity contribution is 0.627. The van der Waals surface area contributed by atoms with Gasteiger partial charge in [-0.2, -0.15) is 15.8 Å². The van der Waals surface area contributed by atoms with E-state index in [-0.39, 0.29) is 11.6 Å². The Morgan fingerprint density at radius 2 is 0.459 bits per heavy atom. The first kappa shape index (κ1) is 91.2. The average molecular weight is 1900 g/mol. The third-order valence-corrected chi connectivity index (χ3v) is 28.0. The van der Waals surface area contributed by atoms with Crippen molar-refractivity contribution in [2.75, 3.05) is 19.6 Å². The molecule has 0 fully saturated rings. The molecule has 0 saturated heterocycles. The van der Waals surface area contributed by atoms with E-state index in [0.717, 1.165) is 222 Å². The second-order valence-electron chi connectivity index (χ2n) is 36.9. The molecule has 0 atom stereocenters. The molecule has 692 valence electrons. The maximum atomic E-state index is 16.9. The molecule has 0 amide bonds. The molecule has 0 heterocycles. The number of nitrogens with zero attached hydrogens (tertiary/aromatic N) is 10. The monoisotopic (exact) mass is 1890 g/mol. The summed E-state index contributed by atoms with van der Waals surface area (Å²) in [6.07, 6.45) is 0. The number of hydrogen-bond donors (Lipinski definition) is 0. The highest BCUT2D eigenvalue weighted by atomic mass is 19.1. The van der Waals surface area contributed by atoms with Crippen molar-refractivity contribution in [3.05, 3.63) is 547 Å². The lowest BCUT2D eigenvalue weighted by Crippen LogP contribution is -2.15. The van der Waals surface area contributed by atoms with E-state index in [1.165, 1.54) is 12.1 Å². The van der Waals surface area contributed by atoms with Crippen molar-refractivity contribution >= 4 is 150 Å². The fourth-order valence-corrected chi connectivity index (χ4v) is 20.9. The van der Waals surface area contributed by atoms with Crippen LogP contribution in [0.15, 0.2) is 473 Å². The minimum Gasteiger partial charge on any atom is -0.311 e. The van der Waals surface area contributed by atoms with Crippen LogP contribution < -0.4 is 19.6 Å². The van der Waals surface area contributed by atoms with E-state index in [0.29, 0.717) is 45.1 Å². The smallest absolute Gasteiger partial charge is 0.189 e. The van der Waals surface area contributed by atoms with Crippen molar-refractivity contribution in [1.82, 2.24) is 0 Å².